The van der Waals surface area contributed by atoms with Crippen molar-refractivity contribution >= 4 is 28.8 Å². The third-order valence-corrected chi connectivity index (χ3v) is 3.85. The lowest BCUT2D eigenvalue weighted by Gasteiger charge is -2.23. The van der Waals surface area contributed by atoms with Crippen molar-refractivity contribution in [1.82, 2.24) is 0 Å². The van der Waals surface area contributed by atoms with E-state index in [2.05, 4.69) is 10.6 Å². The molecule has 0 atom stereocenters. The van der Waals surface area contributed by atoms with Crippen molar-refractivity contribution in [1.29, 1.82) is 0 Å². The van der Waals surface area contributed by atoms with Crippen LogP contribution in [0.5, 0.6) is 0 Å². The molecule has 24 heavy (non-hydrogen) atoms. The number of rotatable bonds is 4. The van der Waals surface area contributed by atoms with E-state index in [1.807, 2.05) is 0 Å². The SMILES string of the molecule is CC(=O)Nc1ccc(NCCN)c2c1C(=O)c1ccccc1C2=O. The fraction of sp³-hybridized carbons (Fsp3) is 0.167. The molecule has 122 valence electrons. The van der Waals surface area contributed by atoms with E-state index in [1.54, 1.807) is 36.4 Å². The van der Waals surface area contributed by atoms with E-state index in [4.69, 9.17) is 5.73 Å². The van der Waals surface area contributed by atoms with Crippen LogP contribution >= 0.6 is 0 Å². The molecule has 0 unspecified atom stereocenters. The number of nitrogens with one attached hydrogen (secondary N) is 2. The van der Waals surface area contributed by atoms with Crippen LogP contribution < -0.4 is 16.4 Å². The molecule has 6 nitrogen and oxygen atoms in total. The lowest BCUT2D eigenvalue weighted by Crippen LogP contribution is -2.25. The van der Waals surface area contributed by atoms with Crippen LogP contribution in [0.15, 0.2) is 36.4 Å². The van der Waals surface area contributed by atoms with E-state index in [9.17, 15) is 14.4 Å². The van der Waals surface area contributed by atoms with E-state index in [0.717, 1.165) is 0 Å². The number of ketones is 2. The quantitative estimate of drug-likeness (QED) is 0.679. The number of benzene rings is 2. The van der Waals surface area contributed by atoms with Crippen molar-refractivity contribution in [3.8, 4) is 0 Å². The van der Waals surface area contributed by atoms with Gasteiger partial charge < -0.3 is 16.4 Å². The Morgan fingerprint density at radius 1 is 0.958 bits per heavy atom. The van der Waals surface area contributed by atoms with Gasteiger partial charge in [-0.1, -0.05) is 24.3 Å². The molecule has 6 heteroatoms. The number of fused-ring (bicyclic) bond motifs is 2. The van der Waals surface area contributed by atoms with Gasteiger partial charge in [0, 0.05) is 36.8 Å². The smallest absolute Gasteiger partial charge is 0.221 e. The first-order chi connectivity index (χ1) is 11.5. The highest BCUT2D eigenvalue weighted by Crippen LogP contribution is 2.36. The molecule has 4 N–H and O–H groups in total. The van der Waals surface area contributed by atoms with Crippen molar-refractivity contribution in [2.75, 3.05) is 23.7 Å². The number of carbonyl (C=O) groups is 3. The van der Waals surface area contributed by atoms with Gasteiger partial charge in [-0.25, -0.2) is 0 Å². The topological polar surface area (TPSA) is 101 Å². The molecular formula is C18H17N3O3. The van der Waals surface area contributed by atoms with E-state index < -0.39 is 0 Å². The average Bonchev–Trinajstić information content (AvgIpc) is 2.57. The Labute approximate surface area is 139 Å². The number of carbonyl (C=O) groups excluding carboxylic acids is 3. The summed E-state index contributed by atoms with van der Waals surface area (Å²) >= 11 is 0. The van der Waals surface area contributed by atoms with Gasteiger partial charge in [-0.05, 0) is 12.1 Å². The molecule has 0 aliphatic heterocycles. The normalized spacial score (nSPS) is 12.4. The highest BCUT2D eigenvalue weighted by molar-refractivity contribution is 6.32. The Balaban J connectivity index is 2.24. The number of anilines is 2. The minimum atomic E-state index is -0.307. The number of nitrogens with two attached hydrogens (primary N) is 1. The molecule has 0 radical (unpaired) electrons. The Morgan fingerprint density at radius 2 is 1.50 bits per heavy atom. The van der Waals surface area contributed by atoms with Crippen molar-refractivity contribution in [3.63, 3.8) is 0 Å². The van der Waals surface area contributed by atoms with Crippen molar-refractivity contribution < 1.29 is 14.4 Å². The summed E-state index contributed by atoms with van der Waals surface area (Å²) in [5, 5.41) is 5.71. The Kier molecular flexibility index (Phi) is 4.14. The molecule has 0 aromatic heterocycles. The minimum Gasteiger partial charge on any atom is -0.383 e. The van der Waals surface area contributed by atoms with Crippen LogP contribution in [-0.4, -0.2) is 30.6 Å². The molecule has 0 heterocycles. The summed E-state index contributed by atoms with van der Waals surface area (Å²) in [6, 6.07) is 9.99. The average molecular weight is 323 g/mol. The second kappa shape index (κ2) is 6.25. The van der Waals surface area contributed by atoms with Gasteiger partial charge in [-0.15, -0.1) is 0 Å². The highest BCUT2D eigenvalue weighted by atomic mass is 16.2. The first-order valence-electron chi connectivity index (χ1n) is 7.61. The zero-order valence-electron chi connectivity index (χ0n) is 13.2. The maximum Gasteiger partial charge on any atom is 0.221 e. The predicted molar refractivity (Wildman–Crippen MR) is 91.6 cm³/mol. The van der Waals surface area contributed by atoms with Crippen LogP contribution in [0.1, 0.15) is 38.8 Å². The molecule has 3 rings (SSSR count). The monoisotopic (exact) mass is 323 g/mol. The van der Waals surface area contributed by atoms with Gasteiger partial charge in [0.2, 0.25) is 5.91 Å². The van der Waals surface area contributed by atoms with Gasteiger partial charge >= 0.3 is 0 Å². The molecule has 1 aliphatic carbocycles. The predicted octanol–water partition coefficient (Wildman–Crippen LogP) is 1.79. The Morgan fingerprint density at radius 3 is 2.04 bits per heavy atom. The van der Waals surface area contributed by atoms with E-state index in [1.165, 1.54) is 6.92 Å². The van der Waals surface area contributed by atoms with Crippen molar-refractivity contribution in [3.05, 3.63) is 58.7 Å². The van der Waals surface area contributed by atoms with Crippen LogP contribution in [-0.2, 0) is 4.79 Å². The summed E-state index contributed by atoms with van der Waals surface area (Å²) in [4.78, 5) is 37.3. The molecule has 0 spiro atoms. The lowest BCUT2D eigenvalue weighted by molar-refractivity contribution is -0.114. The van der Waals surface area contributed by atoms with Crippen LogP contribution in [0.2, 0.25) is 0 Å². The zero-order valence-corrected chi connectivity index (χ0v) is 13.2. The fourth-order valence-corrected chi connectivity index (χ4v) is 2.87. The Bertz CT molecular complexity index is 859. The Hall–Kier alpha value is -2.99. The van der Waals surface area contributed by atoms with Gasteiger partial charge in [0.05, 0.1) is 16.8 Å². The number of hydrogen-bond donors (Lipinski definition) is 3. The van der Waals surface area contributed by atoms with E-state index in [0.29, 0.717) is 35.6 Å². The van der Waals surface area contributed by atoms with Gasteiger partial charge in [0.15, 0.2) is 11.6 Å². The standard InChI is InChI=1S/C18H17N3O3/c1-10(22)21-14-7-6-13(20-9-8-19)15-16(14)18(24)12-5-3-2-4-11(12)17(15)23/h2-7,20H,8-9,19H2,1H3,(H,21,22). The van der Waals surface area contributed by atoms with Crippen LogP contribution in [0.25, 0.3) is 0 Å². The van der Waals surface area contributed by atoms with Crippen LogP contribution in [0.3, 0.4) is 0 Å². The highest BCUT2D eigenvalue weighted by Gasteiger charge is 2.33. The first-order valence-corrected chi connectivity index (χ1v) is 7.61. The first kappa shape index (κ1) is 15.9. The zero-order chi connectivity index (χ0) is 17.3. The molecule has 2 aromatic rings. The fourth-order valence-electron chi connectivity index (χ4n) is 2.87. The molecule has 0 saturated carbocycles. The summed E-state index contributed by atoms with van der Waals surface area (Å²) in [5.74, 6) is -0.828. The maximum absolute atomic E-state index is 12.9. The van der Waals surface area contributed by atoms with Gasteiger partial charge in [0.1, 0.15) is 0 Å². The molecule has 2 aromatic carbocycles. The summed E-state index contributed by atoms with van der Waals surface area (Å²) < 4.78 is 0. The molecular weight excluding hydrogens is 306 g/mol. The maximum atomic E-state index is 12.9. The summed E-state index contributed by atoms with van der Waals surface area (Å²) in [7, 11) is 0. The minimum absolute atomic E-state index is 0.218. The van der Waals surface area contributed by atoms with Crippen LogP contribution in [0, 0.1) is 0 Å². The van der Waals surface area contributed by atoms with E-state index in [-0.39, 0.29) is 28.6 Å². The van der Waals surface area contributed by atoms with Gasteiger partial charge in [-0.2, -0.15) is 0 Å². The van der Waals surface area contributed by atoms with Gasteiger partial charge in [0.25, 0.3) is 0 Å². The molecule has 1 amide bonds. The summed E-state index contributed by atoms with van der Waals surface area (Å²) in [6.07, 6.45) is 0. The third-order valence-electron chi connectivity index (χ3n) is 3.85. The van der Waals surface area contributed by atoms with Crippen LogP contribution in [0.4, 0.5) is 11.4 Å². The van der Waals surface area contributed by atoms with Crippen molar-refractivity contribution in [2.24, 2.45) is 5.73 Å². The molecule has 0 saturated heterocycles. The largest absolute Gasteiger partial charge is 0.383 e. The summed E-state index contributed by atoms with van der Waals surface area (Å²) in [6.45, 7) is 2.21. The third kappa shape index (κ3) is 2.57. The second-order valence-corrected chi connectivity index (χ2v) is 5.51. The lowest BCUT2D eigenvalue weighted by atomic mass is 9.82. The summed E-state index contributed by atoms with van der Waals surface area (Å²) in [5.41, 5.74) is 7.60. The molecule has 0 fully saturated rings. The van der Waals surface area contributed by atoms with Crippen molar-refractivity contribution in [2.45, 2.75) is 6.92 Å². The van der Waals surface area contributed by atoms with E-state index >= 15 is 0 Å². The van der Waals surface area contributed by atoms with Gasteiger partial charge in [-0.3, -0.25) is 14.4 Å². The second-order valence-electron chi connectivity index (χ2n) is 5.51. The molecule has 0 bridgehead atoms. The number of amides is 1. The molecule has 1 aliphatic rings. The number of hydrogen-bond acceptors (Lipinski definition) is 5.